The number of rotatable bonds is 5. The van der Waals surface area contributed by atoms with Gasteiger partial charge in [0.15, 0.2) is 0 Å². The Hall–Kier alpha value is -2.62. The molecule has 28 heavy (non-hydrogen) atoms. The van der Waals surface area contributed by atoms with Crippen molar-refractivity contribution < 1.29 is 9.59 Å². The van der Waals surface area contributed by atoms with Gasteiger partial charge in [-0.15, -0.1) is 0 Å². The lowest BCUT2D eigenvalue weighted by atomic mass is 9.89. The number of nitrogens with one attached hydrogen (secondary N) is 1. The summed E-state index contributed by atoms with van der Waals surface area (Å²) >= 11 is 0. The third-order valence-electron chi connectivity index (χ3n) is 5.82. The molecule has 0 spiro atoms. The third kappa shape index (κ3) is 4.61. The number of aryl methyl sites for hydroxylation is 1. The molecule has 1 aliphatic heterocycles. The average Bonchev–Trinajstić information content (AvgIpc) is 3.52. The lowest BCUT2D eigenvalue weighted by Crippen LogP contribution is -2.38. The van der Waals surface area contributed by atoms with E-state index in [-0.39, 0.29) is 11.8 Å². The molecule has 1 N–H and O–H groups in total. The van der Waals surface area contributed by atoms with Gasteiger partial charge in [0.2, 0.25) is 0 Å². The molecule has 1 saturated carbocycles. The van der Waals surface area contributed by atoms with Crippen LogP contribution < -0.4 is 5.32 Å². The Morgan fingerprint density at radius 2 is 1.68 bits per heavy atom. The summed E-state index contributed by atoms with van der Waals surface area (Å²) in [4.78, 5) is 26.8. The average molecular weight is 377 g/mol. The van der Waals surface area contributed by atoms with Crippen LogP contribution in [0.25, 0.3) is 0 Å². The summed E-state index contributed by atoms with van der Waals surface area (Å²) in [5.41, 5.74) is 3.93. The van der Waals surface area contributed by atoms with Crippen LogP contribution in [0.1, 0.15) is 57.5 Å². The minimum Gasteiger partial charge on any atom is -0.349 e. The number of amides is 2. The summed E-state index contributed by atoms with van der Waals surface area (Å²) in [7, 11) is 0. The molecule has 1 aliphatic carbocycles. The maximum Gasteiger partial charge on any atom is 0.253 e. The van der Waals surface area contributed by atoms with E-state index in [9.17, 15) is 9.59 Å². The summed E-state index contributed by atoms with van der Waals surface area (Å²) in [6.45, 7) is 3.66. The Morgan fingerprint density at radius 1 is 0.964 bits per heavy atom. The van der Waals surface area contributed by atoms with Crippen LogP contribution in [-0.4, -0.2) is 35.8 Å². The number of likely N-dealkylation sites (tertiary alicyclic amines) is 1. The normalized spacial score (nSPS) is 17.4. The van der Waals surface area contributed by atoms with Crippen LogP contribution >= 0.6 is 0 Å². The molecule has 4 nitrogen and oxygen atoms in total. The maximum atomic E-state index is 12.7. The van der Waals surface area contributed by atoms with Crippen LogP contribution in [0, 0.1) is 12.8 Å². The second kappa shape index (κ2) is 8.17. The van der Waals surface area contributed by atoms with Gasteiger partial charge in [-0.2, -0.15) is 0 Å². The summed E-state index contributed by atoms with van der Waals surface area (Å²) < 4.78 is 0. The first-order valence-electron chi connectivity index (χ1n) is 10.3. The van der Waals surface area contributed by atoms with Gasteiger partial charge < -0.3 is 10.2 Å². The smallest absolute Gasteiger partial charge is 0.253 e. The van der Waals surface area contributed by atoms with Gasteiger partial charge in [0.25, 0.3) is 11.8 Å². The molecular weight excluding hydrogens is 348 g/mol. The maximum absolute atomic E-state index is 12.7. The highest BCUT2D eigenvalue weighted by Gasteiger charge is 2.25. The number of benzene rings is 2. The minimum atomic E-state index is 0.0389. The van der Waals surface area contributed by atoms with Crippen molar-refractivity contribution in [2.24, 2.45) is 5.92 Å². The van der Waals surface area contributed by atoms with Crippen LogP contribution in [0.4, 0.5) is 0 Å². The standard InChI is InChI=1S/C24H28N2O2/c1-17-3-2-4-21(15-17)24(28)26-13-11-19(12-14-26)16-18-5-7-20(8-6-18)23(27)25-22-9-10-22/h2-8,15,19,22H,9-14,16H2,1H3,(H,25,27). The van der Waals surface area contributed by atoms with Crippen LogP contribution in [0.5, 0.6) is 0 Å². The van der Waals surface area contributed by atoms with Crippen LogP contribution in [0.3, 0.4) is 0 Å². The SMILES string of the molecule is Cc1cccc(C(=O)N2CCC(Cc3ccc(C(=O)NC4CC4)cc3)CC2)c1. The molecule has 0 bridgehead atoms. The zero-order valence-electron chi connectivity index (χ0n) is 16.5. The summed E-state index contributed by atoms with van der Waals surface area (Å²) in [5, 5.41) is 3.03. The number of carbonyl (C=O) groups excluding carboxylic acids is 2. The van der Waals surface area contributed by atoms with Crippen LogP contribution in [0.15, 0.2) is 48.5 Å². The molecule has 2 aromatic rings. The quantitative estimate of drug-likeness (QED) is 0.858. The Morgan fingerprint density at radius 3 is 2.32 bits per heavy atom. The molecular formula is C24H28N2O2. The van der Waals surface area contributed by atoms with Crippen LogP contribution in [0.2, 0.25) is 0 Å². The van der Waals surface area contributed by atoms with E-state index in [2.05, 4.69) is 17.4 Å². The highest BCUT2D eigenvalue weighted by molar-refractivity contribution is 5.95. The van der Waals surface area contributed by atoms with E-state index in [1.54, 1.807) is 0 Å². The van der Waals surface area contributed by atoms with E-state index in [1.807, 2.05) is 48.2 Å². The first kappa shape index (κ1) is 18.7. The topological polar surface area (TPSA) is 49.4 Å². The molecule has 0 aromatic heterocycles. The fourth-order valence-electron chi connectivity index (χ4n) is 3.92. The van der Waals surface area contributed by atoms with Gasteiger partial charge >= 0.3 is 0 Å². The van der Waals surface area contributed by atoms with Crippen molar-refractivity contribution in [3.63, 3.8) is 0 Å². The van der Waals surface area contributed by atoms with Crippen molar-refractivity contribution in [2.75, 3.05) is 13.1 Å². The predicted octanol–water partition coefficient (Wildman–Crippen LogP) is 3.98. The molecule has 2 aliphatic rings. The van der Waals surface area contributed by atoms with Crippen molar-refractivity contribution in [1.29, 1.82) is 0 Å². The largest absolute Gasteiger partial charge is 0.349 e. The molecule has 4 heteroatoms. The monoisotopic (exact) mass is 376 g/mol. The summed E-state index contributed by atoms with van der Waals surface area (Å²) in [5.74, 6) is 0.776. The van der Waals surface area contributed by atoms with E-state index >= 15 is 0 Å². The first-order chi connectivity index (χ1) is 13.6. The van der Waals surface area contributed by atoms with Crippen molar-refractivity contribution in [3.8, 4) is 0 Å². The van der Waals surface area contributed by atoms with Crippen molar-refractivity contribution in [1.82, 2.24) is 10.2 Å². The highest BCUT2D eigenvalue weighted by Crippen LogP contribution is 2.24. The lowest BCUT2D eigenvalue weighted by molar-refractivity contribution is 0.0690. The zero-order valence-corrected chi connectivity index (χ0v) is 16.5. The Labute approximate surface area is 166 Å². The first-order valence-corrected chi connectivity index (χ1v) is 10.3. The molecule has 1 heterocycles. The molecule has 2 amide bonds. The third-order valence-corrected chi connectivity index (χ3v) is 5.82. The molecule has 0 unspecified atom stereocenters. The summed E-state index contributed by atoms with van der Waals surface area (Å²) in [6, 6.07) is 16.2. The van der Waals surface area contributed by atoms with E-state index in [0.29, 0.717) is 12.0 Å². The number of nitrogens with zero attached hydrogens (tertiary/aromatic N) is 1. The second-order valence-electron chi connectivity index (χ2n) is 8.25. The lowest BCUT2D eigenvalue weighted by Gasteiger charge is -2.32. The molecule has 2 aromatic carbocycles. The number of hydrogen-bond donors (Lipinski definition) is 1. The van der Waals surface area contributed by atoms with Gasteiger partial charge in [-0.1, -0.05) is 29.8 Å². The van der Waals surface area contributed by atoms with Gasteiger partial charge in [0.1, 0.15) is 0 Å². The number of piperidine rings is 1. The van der Waals surface area contributed by atoms with Gasteiger partial charge in [-0.25, -0.2) is 0 Å². The Balaban J connectivity index is 1.28. The fraction of sp³-hybridized carbons (Fsp3) is 0.417. The van der Waals surface area contributed by atoms with Gasteiger partial charge in [-0.3, -0.25) is 9.59 Å². The van der Waals surface area contributed by atoms with Crippen LogP contribution in [-0.2, 0) is 6.42 Å². The van der Waals surface area contributed by atoms with Gasteiger partial charge in [0, 0.05) is 30.3 Å². The van der Waals surface area contributed by atoms with E-state index in [4.69, 9.17) is 0 Å². The zero-order chi connectivity index (χ0) is 19.5. The molecule has 0 radical (unpaired) electrons. The molecule has 4 rings (SSSR count). The second-order valence-corrected chi connectivity index (χ2v) is 8.25. The molecule has 0 atom stereocenters. The van der Waals surface area contributed by atoms with Crippen molar-refractivity contribution >= 4 is 11.8 Å². The van der Waals surface area contributed by atoms with Crippen molar-refractivity contribution in [3.05, 3.63) is 70.8 Å². The molecule has 1 saturated heterocycles. The van der Waals surface area contributed by atoms with E-state index in [0.717, 1.165) is 61.9 Å². The predicted molar refractivity (Wildman–Crippen MR) is 110 cm³/mol. The number of hydrogen-bond acceptors (Lipinski definition) is 2. The fourth-order valence-corrected chi connectivity index (χ4v) is 3.92. The Kier molecular flexibility index (Phi) is 5.47. The van der Waals surface area contributed by atoms with Crippen molar-refractivity contribution in [2.45, 2.75) is 45.1 Å². The van der Waals surface area contributed by atoms with Gasteiger partial charge in [-0.05, 0) is 74.8 Å². The highest BCUT2D eigenvalue weighted by atomic mass is 16.2. The Bertz CT molecular complexity index is 847. The molecule has 2 fully saturated rings. The minimum absolute atomic E-state index is 0.0389. The number of carbonyl (C=O) groups is 2. The summed E-state index contributed by atoms with van der Waals surface area (Å²) in [6.07, 6.45) is 5.28. The van der Waals surface area contributed by atoms with E-state index in [1.165, 1.54) is 5.56 Å². The van der Waals surface area contributed by atoms with E-state index < -0.39 is 0 Å². The molecule has 146 valence electrons. The van der Waals surface area contributed by atoms with Gasteiger partial charge in [0.05, 0.1) is 0 Å².